The zero-order valence-electron chi connectivity index (χ0n) is 16.7. The Balaban J connectivity index is 1.41. The van der Waals surface area contributed by atoms with Crippen molar-refractivity contribution in [1.82, 2.24) is 9.97 Å². The predicted octanol–water partition coefficient (Wildman–Crippen LogP) is 4.07. The fourth-order valence-electron chi connectivity index (χ4n) is 4.24. The first-order valence-corrected chi connectivity index (χ1v) is 10.6. The molecule has 2 aliphatic heterocycles. The van der Waals surface area contributed by atoms with Crippen LogP contribution in [0.1, 0.15) is 12.8 Å². The third kappa shape index (κ3) is 3.90. The van der Waals surface area contributed by atoms with E-state index in [0.29, 0.717) is 0 Å². The van der Waals surface area contributed by atoms with Gasteiger partial charge in [0.05, 0.1) is 0 Å². The van der Waals surface area contributed by atoms with Gasteiger partial charge in [0.15, 0.2) is 5.82 Å². The Kier molecular flexibility index (Phi) is 5.03. The predicted molar refractivity (Wildman–Crippen MR) is 120 cm³/mol. The Bertz CT molecular complexity index is 930. The van der Waals surface area contributed by atoms with E-state index in [1.165, 1.54) is 18.5 Å². The van der Waals surface area contributed by atoms with E-state index in [9.17, 15) is 0 Å². The highest BCUT2D eigenvalue weighted by atomic mass is 15.3. The quantitative estimate of drug-likeness (QED) is 0.676. The molecule has 0 bridgehead atoms. The van der Waals surface area contributed by atoms with Crippen LogP contribution in [0.5, 0.6) is 0 Å². The van der Waals surface area contributed by atoms with E-state index in [2.05, 4.69) is 75.4 Å². The van der Waals surface area contributed by atoms with Gasteiger partial charge in [-0.3, -0.25) is 0 Å². The molecule has 5 rings (SSSR count). The Morgan fingerprint density at radius 2 is 1.07 bits per heavy atom. The number of nitrogens with zero attached hydrogens (tertiary/aromatic N) is 5. The van der Waals surface area contributed by atoms with Crippen LogP contribution in [-0.2, 0) is 0 Å². The van der Waals surface area contributed by atoms with Crippen molar-refractivity contribution < 1.29 is 0 Å². The molecule has 3 aromatic rings. The topological polar surface area (TPSA) is 35.5 Å². The summed E-state index contributed by atoms with van der Waals surface area (Å²) in [6, 6.07) is 23.2. The lowest BCUT2D eigenvalue weighted by Crippen LogP contribution is -2.47. The van der Waals surface area contributed by atoms with Crippen LogP contribution in [0.4, 0.5) is 17.3 Å². The molecule has 29 heavy (non-hydrogen) atoms. The first-order chi connectivity index (χ1) is 14.4. The Morgan fingerprint density at radius 1 is 0.552 bits per heavy atom. The van der Waals surface area contributed by atoms with Crippen LogP contribution in [0, 0.1) is 0 Å². The van der Waals surface area contributed by atoms with Crippen LogP contribution in [0.15, 0.2) is 66.7 Å². The summed E-state index contributed by atoms with van der Waals surface area (Å²) in [6.45, 7) is 6.14. The standard InChI is InChI=1S/C24H27N5/c1-3-9-20(10-4-1)24-25-22(28-13-7-8-14-28)19-23(26-24)29-17-15-27(16-18-29)21-11-5-2-6-12-21/h1-6,9-12,19H,7-8,13-18H2. The van der Waals surface area contributed by atoms with Crippen LogP contribution in [0.2, 0.25) is 0 Å². The lowest BCUT2D eigenvalue weighted by molar-refractivity contribution is 0.647. The van der Waals surface area contributed by atoms with Crippen molar-refractivity contribution in [3.05, 3.63) is 66.7 Å². The summed E-state index contributed by atoms with van der Waals surface area (Å²) in [5.41, 5.74) is 2.38. The highest BCUT2D eigenvalue weighted by molar-refractivity contribution is 5.63. The number of aromatic nitrogens is 2. The molecule has 0 unspecified atom stereocenters. The zero-order valence-corrected chi connectivity index (χ0v) is 16.7. The van der Waals surface area contributed by atoms with E-state index in [-0.39, 0.29) is 0 Å². The van der Waals surface area contributed by atoms with E-state index in [1.54, 1.807) is 0 Å². The first-order valence-electron chi connectivity index (χ1n) is 10.6. The van der Waals surface area contributed by atoms with Crippen molar-refractivity contribution in [2.24, 2.45) is 0 Å². The van der Waals surface area contributed by atoms with Crippen molar-refractivity contribution in [3.63, 3.8) is 0 Å². The monoisotopic (exact) mass is 385 g/mol. The molecule has 0 N–H and O–H groups in total. The normalized spacial score (nSPS) is 17.0. The maximum absolute atomic E-state index is 4.97. The van der Waals surface area contributed by atoms with Crippen molar-refractivity contribution >= 4 is 17.3 Å². The molecule has 148 valence electrons. The molecule has 0 spiro atoms. The van der Waals surface area contributed by atoms with Crippen molar-refractivity contribution in [2.45, 2.75) is 12.8 Å². The zero-order chi connectivity index (χ0) is 19.5. The minimum absolute atomic E-state index is 0.829. The van der Waals surface area contributed by atoms with E-state index >= 15 is 0 Å². The second kappa shape index (κ2) is 8.11. The van der Waals surface area contributed by atoms with Crippen LogP contribution < -0.4 is 14.7 Å². The smallest absolute Gasteiger partial charge is 0.163 e. The van der Waals surface area contributed by atoms with Crippen molar-refractivity contribution in [3.8, 4) is 11.4 Å². The molecule has 2 saturated heterocycles. The lowest BCUT2D eigenvalue weighted by Gasteiger charge is -2.37. The average Bonchev–Trinajstić information content (AvgIpc) is 3.35. The Hall–Kier alpha value is -3.08. The van der Waals surface area contributed by atoms with E-state index in [1.807, 2.05) is 6.07 Å². The summed E-state index contributed by atoms with van der Waals surface area (Å²) < 4.78 is 0. The first kappa shape index (κ1) is 18.0. The van der Waals surface area contributed by atoms with Crippen LogP contribution in [-0.4, -0.2) is 49.2 Å². The van der Waals surface area contributed by atoms with Crippen LogP contribution in [0.3, 0.4) is 0 Å². The Morgan fingerprint density at radius 3 is 1.69 bits per heavy atom. The molecule has 5 nitrogen and oxygen atoms in total. The summed E-state index contributed by atoms with van der Waals surface area (Å²) in [6.07, 6.45) is 2.49. The molecule has 2 aliphatic rings. The summed E-state index contributed by atoms with van der Waals surface area (Å²) >= 11 is 0. The molecule has 0 radical (unpaired) electrons. The van der Waals surface area contributed by atoms with Crippen LogP contribution in [0.25, 0.3) is 11.4 Å². The highest BCUT2D eigenvalue weighted by Gasteiger charge is 2.22. The molecule has 0 saturated carbocycles. The number of para-hydroxylation sites is 1. The number of hydrogen-bond donors (Lipinski definition) is 0. The largest absolute Gasteiger partial charge is 0.368 e. The molecule has 2 aromatic carbocycles. The Labute approximate surface area is 172 Å². The van der Waals surface area contributed by atoms with Gasteiger partial charge < -0.3 is 14.7 Å². The second-order valence-corrected chi connectivity index (χ2v) is 7.78. The molecule has 0 atom stereocenters. The fourth-order valence-corrected chi connectivity index (χ4v) is 4.24. The van der Waals surface area contributed by atoms with Crippen molar-refractivity contribution in [2.75, 3.05) is 54.0 Å². The van der Waals surface area contributed by atoms with Gasteiger partial charge in [-0.1, -0.05) is 48.5 Å². The fraction of sp³-hybridized carbons (Fsp3) is 0.333. The second-order valence-electron chi connectivity index (χ2n) is 7.78. The van der Waals surface area contributed by atoms with Crippen LogP contribution >= 0.6 is 0 Å². The van der Waals surface area contributed by atoms with Gasteiger partial charge in [0.2, 0.25) is 0 Å². The molecule has 1 aromatic heterocycles. The summed E-state index contributed by atoms with van der Waals surface area (Å²) in [7, 11) is 0. The minimum Gasteiger partial charge on any atom is -0.368 e. The molecule has 0 aliphatic carbocycles. The SMILES string of the molecule is c1ccc(-c2nc(N3CCCC3)cc(N3CCN(c4ccccc4)CC3)n2)cc1. The third-order valence-corrected chi connectivity index (χ3v) is 5.89. The van der Waals surface area contributed by atoms with Gasteiger partial charge in [-0.15, -0.1) is 0 Å². The molecular weight excluding hydrogens is 358 g/mol. The van der Waals surface area contributed by atoms with E-state index in [4.69, 9.17) is 9.97 Å². The number of benzene rings is 2. The summed E-state index contributed by atoms with van der Waals surface area (Å²) in [4.78, 5) is 17.2. The van der Waals surface area contributed by atoms with Gasteiger partial charge in [0.1, 0.15) is 11.6 Å². The van der Waals surface area contributed by atoms with Gasteiger partial charge in [-0.2, -0.15) is 0 Å². The number of rotatable bonds is 4. The van der Waals surface area contributed by atoms with Gasteiger partial charge >= 0.3 is 0 Å². The lowest BCUT2D eigenvalue weighted by atomic mass is 10.2. The number of piperazine rings is 1. The maximum Gasteiger partial charge on any atom is 0.163 e. The minimum atomic E-state index is 0.829. The van der Waals surface area contributed by atoms with Gasteiger partial charge in [-0.05, 0) is 25.0 Å². The highest BCUT2D eigenvalue weighted by Crippen LogP contribution is 2.28. The van der Waals surface area contributed by atoms with Gasteiger partial charge in [0, 0.05) is 56.6 Å². The molecule has 3 heterocycles. The van der Waals surface area contributed by atoms with Gasteiger partial charge in [-0.25, -0.2) is 9.97 Å². The third-order valence-electron chi connectivity index (χ3n) is 5.89. The summed E-state index contributed by atoms with van der Waals surface area (Å²) in [5.74, 6) is 2.95. The number of hydrogen-bond acceptors (Lipinski definition) is 5. The van der Waals surface area contributed by atoms with Crippen molar-refractivity contribution in [1.29, 1.82) is 0 Å². The average molecular weight is 386 g/mol. The maximum atomic E-state index is 4.97. The molecule has 5 heteroatoms. The number of anilines is 3. The van der Waals surface area contributed by atoms with E-state index < -0.39 is 0 Å². The molecule has 0 amide bonds. The molecular formula is C24H27N5. The summed E-state index contributed by atoms with van der Waals surface area (Å²) in [5, 5.41) is 0. The van der Waals surface area contributed by atoms with E-state index in [0.717, 1.165) is 62.3 Å². The van der Waals surface area contributed by atoms with Gasteiger partial charge in [0.25, 0.3) is 0 Å². The molecule has 2 fully saturated rings.